The first-order valence-corrected chi connectivity index (χ1v) is 11.8. The quantitative estimate of drug-likeness (QED) is 0.373. The van der Waals surface area contributed by atoms with Gasteiger partial charge < -0.3 is 30.1 Å². The van der Waals surface area contributed by atoms with Crippen LogP contribution in [-0.2, 0) is 19.6 Å². The molecule has 3 rings (SSSR count). The molecule has 0 aliphatic carbocycles. The van der Waals surface area contributed by atoms with Crippen molar-refractivity contribution in [3.63, 3.8) is 0 Å². The Bertz CT molecular complexity index is 1110. The Morgan fingerprint density at radius 3 is 2.52 bits per heavy atom. The summed E-state index contributed by atoms with van der Waals surface area (Å²) in [5.74, 6) is -1.26. The van der Waals surface area contributed by atoms with E-state index in [4.69, 9.17) is 9.47 Å². The molecule has 2 aromatic rings. The summed E-state index contributed by atoms with van der Waals surface area (Å²) in [4.78, 5) is 11.6. The summed E-state index contributed by atoms with van der Waals surface area (Å²) in [6.07, 6.45) is -4.66. The summed E-state index contributed by atoms with van der Waals surface area (Å²) in [6, 6.07) is 8.72. The van der Waals surface area contributed by atoms with Crippen molar-refractivity contribution in [2.45, 2.75) is 37.6 Å². The number of aliphatic hydroxyl groups excluding tert-OH is 3. The van der Waals surface area contributed by atoms with Gasteiger partial charge in [-0.15, -0.1) is 0 Å². The number of rotatable bonds is 7. The van der Waals surface area contributed by atoms with Crippen molar-refractivity contribution in [1.82, 2.24) is 5.32 Å². The minimum Gasteiger partial charge on any atom is -0.462 e. The fraction of sp³-hybridized carbons (Fsp3) is 0.381. The van der Waals surface area contributed by atoms with Gasteiger partial charge in [0.1, 0.15) is 35.9 Å². The summed E-state index contributed by atoms with van der Waals surface area (Å²) in [5, 5.41) is 32.5. The van der Waals surface area contributed by atoms with Crippen molar-refractivity contribution in [3.8, 4) is 16.9 Å². The van der Waals surface area contributed by atoms with Crippen LogP contribution in [-0.4, -0.2) is 73.2 Å². The molecule has 1 aliphatic heterocycles. The lowest BCUT2D eigenvalue weighted by Gasteiger charge is -2.42. The lowest BCUT2D eigenvalue weighted by molar-refractivity contribution is -0.244. The third-order valence-corrected chi connectivity index (χ3v) is 5.53. The number of anilines is 1. The third kappa shape index (κ3) is 5.97. The number of benzene rings is 2. The molecule has 1 aliphatic rings. The fourth-order valence-corrected chi connectivity index (χ4v) is 4.09. The average molecular weight is 485 g/mol. The molecule has 0 radical (unpaired) electrons. The first kappa shape index (κ1) is 24.9. The third-order valence-electron chi connectivity index (χ3n) is 4.92. The van der Waals surface area contributed by atoms with Gasteiger partial charge in [-0.05, 0) is 29.8 Å². The zero-order chi connectivity index (χ0) is 24.3. The predicted molar refractivity (Wildman–Crippen MR) is 116 cm³/mol. The SMILES string of the molecule is CC(=O)NC1[C@H](Oc2cccc(F)c2-c2cccc(NS(C)(=O)=O)c2)OC(CO)[C@H](O)[C@@H]1O. The molecular weight excluding hydrogens is 459 g/mol. The number of carbonyl (C=O) groups is 1. The van der Waals surface area contributed by atoms with Crippen LogP contribution in [0.3, 0.4) is 0 Å². The molecule has 1 amide bonds. The predicted octanol–water partition coefficient (Wildman–Crippen LogP) is 0.187. The monoisotopic (exact) mass is 484 g/mol. The largest absolute Gasteiger partial charge is 0.462 e. The summed E-state index contributed by atoms with van der Waals surface area (Å²) in [7, 11) is -3.57. The molecule has 0 bridgehead atoms. The van der Waals surface area contributed by atoms with E-state index in [1.54, 1.807) is 6.07 Å². The Kier molecular flexibility index (Phi) is 7.55. The number of carbonyl (C=O) groups excluding carboxylic acids is 1. The second-order valence-electron chi connectivity index (χ2n) is 7.62. The molecule has 5 N–H and O–H groups in total. The summed E-state index contributed by atoms with van der Waals surface area (Å²) >= 11 is 0. The number of ether oxygens (including phenoxy) is 2. The Labute approximate surface area is 190 Å². The number of hydrogen-bond donors (Lipinski definition) is 5. The normalized spacial score (nSPS) is 25.3. The number of hydrogen-bond acceptors (Lipinski definition) is 8. The molecule has 0 saturated carbocycles. The Balaban J connectivity index is 2.00. The highest BCUT2D eigenvalue weighted by molar-refractivity contribution is 7.92. The minimum absolute atomic E-state index is 0.0269. The molecule has 0 aromatic heterocycles. The van der Waals surface area contributed by atoms with Gasteiger partial charge in [0.2, 0.25) is 22.2 Å². The average Bonchev–Trinajstić information content (AvgIpc) is 2.72. The van der Waals surface area contributed by atoms with E-state index < -0.39 is 59.0 Å². The lowest BCUT2D eigenvalue weighted by Crippen LogP contribution is -2.65. The van der Waals surface area contributed by atoms with Crippen LogP contribution in [0.5, 0.6) is 5.75 Å². The molecule has 180 valence electrons. The van der Waals surface area contributed by atoms with Crippen LogP contribution in [0.4, 0.5) is 10.1 Å². The Hall–Kier alpha value is -2.77. The number of aliphatic hydroxyl groups is 3. The van der Waals surface area contributed by atoms with Crippen LogP contribution < -0.4 is 14.8 Å². The zero-order valence-electron chi connectivity index (χ0n) is 17.8. The van der Waals surface area contributed by atoms with Crippen molar-refractivity contribution in [2.75, 3.05) is 17.6 Å². The van der Waals surface area contributed by atoms with Crippen LogP contribution in [0.1, 0.15) is 6.92 Å². The van der Waals surface area contributed by atoms with E-state index >= 15 is 0 Å². The van der Waals surface area contributed by atoms with Gasteiger partial charge in [0.15, 0.2) is 0 Å². The number of amides is 1. The lowest BCUT2D eigenvalue weighted by atomic mass is 9.96. The summed E-state index contributed by atoms with van der Waals surface area (Å²) < 4.78 is 51.7. The van der Waals surface area contributed by atoms with E-state index in [1.807, 2.05) is 0 Å². The molecule has 2 unspecified atom stereocenters. The van der Waals surface area contributed by atoms with E-state index in [2.05, 4.69) is 10.0 Å². The molecule has 1 fully saturated rings. The Morgan fingerprint density at radius 2 is 1.88 bits per heavy atom. The van der Waals surface area contributed by atoms with Gasteiger partial charge in [-0.1, -0.05) is 18.2 Å². The molecule has 2 aromatic carbocycles. The molecule has 1 saturated heterocycles. The van der Waals surface area contributed by atoms with Crippen molar-refractivity contribution in [3.05, 3.63) is 48.3 Å². The van der Waals surface area contributed by atoms with Crippen LogP contribution in [0, 0.1) is 5.82 Å². The van der Waals surface area contributed by atoms with Crippen LogP contribution in [0.2, 0.25) is 0 Å². The Morgan fingerprint density at radius 1 is 1.18 bits per heavy atom. The second-order valence-corrected chi connectivity index (χ2v) is 9.37. The van der Waals surface area contributed by atoms with Gasteiger partial charge in [0.25, 0.3) is 0 Å². The molecule has 0 spiro atoms. The van der Waals surface area contributed by atoms with Crippen LogP contribution in [0.15, 0.2) is 42.5 Å². The van der Waals surface area contributed by atoms with Crippen molar-refractivity contribution in [1.29, 1.82) is 0 Å². The highest BCUT2D eigenvalue weighted by atomic mass is 32.2. The molecule has 10 nitrogen and oxygen atoms in total. The summed E-state index contributed by atoms with van der Waals surface area (Å²) in [6.45, 7) is 0.558. The topological polar surface area (TPSA) is 154 Å². The molecule has 5 atom stereocenters. The van der Waals surface area contributed by atoms with Gasteiger partial charge in [-0.3, -0.25) is 9.52 Å². The zero-order valence-corrected chi connectivity index (χ0v) is 18.6. The first-order valence-electron chi connectivity index (χ1n) is 9.93. The molecular formula is C21H25FN2O8S. The molecule has 33 heavy (non-hydrogen) atoms. The number of sulfonamides is 1. The van der Waals surface area contributed by atoms with Gasteiger partial charge in [-0.2, -0.15) is 0 Å². The van der Waals surface area contributed by atoms with Crippen molar-refractivity contribution >= 4 is 21.6 Å². The maximum absolute atomic E-state index is 14.9. The van der Waals surface area contributed by atoms with E-state index in [9.17, 15) is 32.9 Å². The van der Waals surface area contributed by atoms with Crippen molar-refractivity contribution in [2.24, 2.45) is 0 Å². The van der Waals surface area contributed by atoms with E-state index in [-0.39, 0.29) is 22.6 Å². The van der Waals surface area contributed by atoms with E-state index in [1.165, 1.54) is 43.3 Å². The minimum atomic E-state index is -3.57. The fourth-order valence-electron chi connectivity index (χ4n) is 3.53. The van der Waals surface area contributed by atoms with Crippen molar-refractivity contribution < 1.29 is 42.4 Å². The van der Waals surface area contributed by atoms with E-state index in [0.29, 0.717) is 0 Å². The van der Waals surface area contributed by atoms with E-state index in [0.717, 1.165) is 6.26 Å². The number of nitrogens with one attached hydrogen (secondary N) is 2. The maximum Gasteiger partial charge on any atom is 0.229 e. The summed E-state index contributed by atoms with van der Waals surface area (Å²) in [5.41, 5.74) is 0.456. The highest BCUT2D eigenvalue weighted by Crippen LogP contribution is 2.36. The van der Waals surface area contributed by atoms with Gasteiger partial charge in [-0.25, -0.2) is 12.8 Å². The van der Waals surface area contributed by atoms with Crippen LogP contribution >= 0.6 is 0 Å². The van der Waals surface area contributed by atoms with Crippen LogP contribution in [0.25, 0.3) is 11.1 Å². The molecule has 1 heterocycles. The first-order chi connectivity index (χ1) is 15.5. The van der Waals surface area contributed by atoms with Gasteiger partial charge in [0, 0.05) is 12.6 Å². The number of halogens is 1. The van der Waals surface area contributed by atoms with Gasteiger partial charge in [0.05, 0.1) is 18.4 Å². The highest BCUT2D eigenvalue weighted by Gasteiger charge is 2.46. The maximum atomic E-state index is 14.9. The standard InChI is InChI=1S/C21H25FN2O8S/c1-11(26)23-18-20(28)19(27)16(10-25)32-21(18)31-15-8-4-7-14(22)17(15)12-5-3-6-13(9-12)24-33(2,29)30/h3-9,16,18-21,24-25,27-28H,10H2,1-2H3,(H,23,26)/t16?,18?,19-,20+,21+/m0/s1. The van der Waals surface area contributed by atoms with Gasteiger partial charge >= 0.3 is 0 Å². The molecule has 12 heteroatoms. The smallest absolute Gasteiger partial charge is 0.229 e. The second kappa shape index (κ2) is 10.0.